The number of hydrogen-bond donors (Lipinski definition) is 0. The summed E-state index contributed by atoms with van der Waals surface area (Å²) in [6.45, 7) is 0. The van der Waals surface area contributed by atoms with Gasteiger partial charge in [0.25, 0.3) is 5.91 Å². The van der Waals surface area contributed by atoms with Crippen LogP contribution in [0, 0.1) is 0 Å². The molecule has 0 bridgehead atoms. The fourth-order valence-corrected chi connectivity index (χ4v) is 1.47. The van der Waals surface area contributed by atoms with Gasteiger partial charge in [-0.1, -0.05) is 0 Å². The Labute approximate surface area is 102 Å². The number of nitrogens with zero attached hydrogens (tertiary/aromatic N) is 1. The Hall–Kier alpha value is -1.69. The third kappa shape index (κ3) is 2.71. The maximum atomic E-state index is 11.9. The van der Waals surface area contributed by atoms with Crippen molar-refractivity contribution >= 4 is 19.2 Å². The lowest BCUT2D eigenvalue weighted by atomic mass is 9.92. The molecule has 0 aliphatic rings. The molecule has 17 heavy (non-hydrogen) atoms. The van der Waals surface area contributed by atoms with Gasteiger partial charge in [0, 0.05) is 12.6 Å². The monoisotopic (exact) mass is 237 g/mol. The van der Waals surface area contributed by atoms with Gasteiger partial charge in [-0.2, -0.15) is 0 Å². The minimum Gasteiger partial charge on any atom is -0.497 e. The largest absolute Gasteiger partial charge is 0.497 e. The predicted molar refractivity (Wildman–Crippen MR) is 66.8 cm³/mol. The summed E-state index contributed by atoms with van der Waals surface area (Å²) >= 11 is 0. The minimum atomic E-state index is -0.260. The van der Waals surface area contributed by atoms with E-state index in [0.717, 1.165) is 10.5 Å². The smallest absolute Gasteiger partial charge is 0.277 e. The number of ether oxygens (including phenoxy) is 2. The number of carbonyl (C=O) groups is 1. The Morgan fingerprint density at radius 2 is 1.65 bits per heavy atom. The summed E-state index contributed by atoms with van der Waals surface area (Å²) < 4.78 is 10.4. The van der Waals surface area contributed by atoms with E-state index in [4.69, 9.17) is 14.3 Å². The molecular formula is C11H16BNO4. The zero-order valence-corrected chi connectivity index (χ0v) is 10.7. The quantitative estimate of drug-likeness (QED) is 0.528. The first-order valence-corrected chi connectivity index (χ1v) is 5.10. The number of rotatable bonds is 4. The van der Waals surface area contributed by atoms with E-state index in [1.165, 1.54) is 7.11 Å². The van der Waals surface area contributed by atoms with Crippen molar-refractivity contribution in [2.24, 2.45) is 0 Å². The molecule has 1 aromatic carbocycles. The molecule has 1 amide bonds. The van der Waals surface area contributed by atoms with Crippen LogP contribution >= 0.6 is 0 Å². The molecule has 0 unspecified atom stereocenters. The summed E-state index contributed by atoms with van der Waals surface area (Å²) in [5.41, 5.74) is 1.31. The molecule has 0 aliphatic carbocycles. The van der Waals surface area contributed by atoms with Crippen LogP contribution < -0.4 is 14.9 Å². The molecule has 1 aromatic rings. The van der Waals surface area contributed by atoms with Crippen LogP contribution in [0.2, 0.25) is 0 Å². The van der Waals surface area contributed by atoms with Gasteiger partial charge in [0.05, 0.1) is 21.3 Å². The van der Waals surface area contributed by atoms with Crippen molar-refractivity contribution in [3.05, 3.63) is 17.7 Å². The molecule has 0 saturated carbocycles. The number of amides is 1. The van der Waals surface area contributed by atoms with Crippen LogP contribution in [-0.4, -0.2) is 47.2 Å². The van der Waals surface area contributed by atoms with Crippen LogP contribution in [0.5, 0.6) is 11.5 Å². The molecule has 0 atom stereocenters. The number of hydroxylamine groups is 2. The molecule has 1 rings (SSSR count). The molecule has 0 aromatic heterocycles. The van der Waals surface area contributed by atoms with Gasteiger partial charge in [-0.05, 0) is 17.6 Å². The topological polar surface area (TPSA) is 48.0 Å². The van der Waals surface area contributed by atoms with Crippen molar-refractivity contribution in [3.63, 3.8) is 0 Å². The van der Waals surface area contributed by atoms with Crippen molar-refractivity contribution in [1.82, 2.24) is 5.06 Å². The normalized spacial score (nSPS) is 9.88. The first-order chi connectivity index (χ1) is 8.04. The summed E-state index contributed by atoms with van der Waals surface area (Å²) in [6.07, 6.45) is 0. The van der Waals surface area contributed by atoms with Crippen LogP contribution in [0.4, 0.5) is 0 Å². The van der Waals surface area contributed by atoms with Crippen molar-refractivity contribution in [2.75, 3.05) is 28.4 Å². The molecule has 6 heteroatoms. The average molecular weight is 237 g/mol. The van der Waals surface area contributed by atoms with E-state index in [2.05, 4.69) is 0 Å². The fraction of sp³-hybridized carbons (Fsp3) is 0.364. The van der Waals surface area contributed by atoms with Crippen LogP contribution in [0.25, 0.3) is 0 Å². The maximum Gasteiger partial charge on any atom is 0.277 e. The van der Waals surface area contributed by atoms with Gasteiger partial charge in [0.1, 0.15) is 19.3 Å². The van der Waals surface area contributed by atoms with Gasteiger partial charge in [-0.15, -0.1) is 0 Å². The minimum absolute atomic E-state index is 0.260. The van der Waals surface area contributed by atoms with Crippen molar-refractivity contribution in [2.45, 2.75) is 0 Å². The Morgan fingerprint density at radius 3 is 2.00 bits per heavy atom. The zero-order chi connectivity index (χ0) is 13.0. The summed E-state index contributed by atoms with van der Waals surface area (Å²) in [6, 6.07) is 3.32. The first kappa shape index (κ1) is 13.4. The SMILES string of the molecule is Bc1c(OC)cc(C(=O)N(C)OC)cc1OC. The predicted octanol–water partition coefficient (Wildman–Crippen LogP) is -0.404. The third-order valence-electron chi connectivity index (χ3n) is 2.56. The molecule has 0 N–H and O–H groups in total. The van der Waals surface area contributed by atoms with E-state index in [1.807, 2.05) is 7.85 Å². The fourth-order valence-electron chi connectivity index (χ4n) is 1.47. The molecular weight excluding hydrogens is 221 g/mol. The summed E-state index contributed by atoms with van der Waals surface area (Å²) in [4.78, 5) is 16.8. The molecule has 0 saturated heterocycles. The lowest BCUT2D eigenvalue weighted by molar-refractivity contribution is -0.0757. The van der Waals surface area contributed by atoms with E-state index in [0.29, 0.717) is 17.1 Å². The van der Waals surface area contributed by atoms with Crippen molar-refractivity contribution in [3.8, 4) is 11.5 Å². The highest BCUT2D eigenvalue weighted by Gasteiger charge is 2.16. The number of hydrogen-bond acceptors (Lipinski definition) is 4. The van der Waals surface area contributed by atoms with E-state index >= 15 is 0 Å². The molecule has 0 heterocycles. The van der Waals surface area contributed by atoms with Gasteiger partial charge >= 0.3 is 0 Å². The highest BCUT2D eigenvalue weighted by atomic mass is 16.7. The van der Waals surface area contributed by atoms with Crippen molar-refractivity contribution in [1.29, 1.82) is 0 Å². The molecule has 0 aliphatic heterocycles. The summed E-state index contributed by atoms with van der Waals surface area (Å²) in [5, 5.41) is 1.14. The molecule has 5 nitrogen and oxygen atoms in total. The van der Waals surface area contributed by atoms with Crippen LogP contribution in [0.3, 0.4) is 0 Å². The third-order valence-corrected chi connectivity index (χ3v) is 2.56. The van der Waals surface area contributed by atoms with Crippen LogP contribution in [0.1, 0.15) is 10.4 Å². The number of benzene rings is 1. The van der Waals surface area contributed by atoms with Gasteiger partial charge in [0.2, 0.25) is 0 Å². The number of carbonyl (C=O) groups excluding carboxylic acids is 1. The van der Waals surface area contributed by atoms with Crippen molar-refractivity contribution < 1.29 is 19.1 Å². The summed E-state index contributed by atoms with van der Waals surface area (Å²) in [7, 11) is 7.94. The van der Waals surface area contributed by atoms with E-state index in [-0.39, 0.29) is 5.91 Å². The molecule has 0 fully saturated rings. The highest BCUT2D eigenvalue weighted by molar-refractivity contribution is 6.36. The Bertz CT molecular complexity index is 397. The second kappa shape index (κ2) is 5.59. The van der Waals surface area contributed by atoms with Gasteiger partial charge in [-0.25, -0.2) is 5.06 Å². The Balaban J connectivity index is 3.22. The average Bonchev–Trinajstić information content (AvgIpc) is 2.37. The lowest BCUT2D eigenvalue weighted by Gasteiger charge is -2.16. The number of methoxy groups -OCH3 is 2. The van der Waals surface area contributed by atoms with Crippen LogP contribution in [-0.2, 0) is 4.84 Å². The second-order valence-electron chi connectivity index (χ2n) is 3.49. The molecule has 92 valence electrons. The van der Waals surface area contributed by atoms with Crippen LogP contribution in [0.15, 0.2) is 12.1 Å². The summed E-state index contributed by atoms with van der Waals surface area (Å²) in [5.74, 6) is 0.957. The molecule has 0 radical (unpaired) electrons. The Morgan fingerprint density at radius 1 is 1.18 bits per heavy atom. The maximum absolute atomic E-state index is 11.9. The van der Waals surface area contributed by atoms with Gasteiger partial charge in [0.15, 0.2) is 0 Å². The Kier molecular flexibility index (Phi) is 4.40. The van der Waals surface area contributed by atoms with E-state index in [1.54, 1.807) is 33.4 Å². The first-order valence-electron chi connectivity index (χ1n) is 5.10. The standard InChI is InChI=1S/C11H16BNO4/c1-13(17-4)11(14)7-5-8(15-2)10(12)9(6-7)16-3/h5-6H,12H2,1-4H3. The van der Waals surface area contributed by atoms with E-state index < -0.39 is 0 Å². The second-order valence-corrected chi connectivity index (χ2v) is 3.49. The van der Waals surface area contributed by atoms with Gasteiger partial charge in [-0.3, -0.25) is 9.63 Å². The van der Waals surface area contributed by atoms with Gasteiger partial charge < -0.3 is 9.47 Å². The molecule has 0 spiro atoms. The highest BCUT2D eigenvalue weighted by Crippen LogP contribution is 2.19. The van der Waals surface area contributed by atoms with E-state index in [9.17, 15) is 4.79 Å². The zero-order valence-electron chi connectivity index (χ0n) is 10.7. The lowest BCUT2D eigenvalue weighted by Crippen LogP contribution is -2.26.